The number of nitrogens with zero attached hydrogens (tertiary/aromatic N) is 2. The summed E-state index contributed by atoms with van der Waals surface area (Å²) in [4.78, 5) is 53.2. The first kappa shape index (κ1) is 41.3. The maximum Gasteiger partial charge on any atom is 0.414 e. The van der Waals surface area contributed by atoms with E-state index in [4.69, 9.17) is 37.0 Å². The summed E-state index contributed by atoms with van der Waals surface area (Å²) in [6.45, 7) is 8.19. The molecule has 1 aromatic carbocycles. The molecule has 2 fully saturated rings. The summed E-state index contributed by atoms with van der Waals surface area (Å²) in [6.07, 6.45) is -3.96. The number of ketones is 1. The van der Waals surface area contributed by atoms with Crippen molar-refractivity contribution in [2.45, 2.75) is 65.0 Å². The zero-order chi connectivity index (χ0) is 36.9. The second-order valence-corrected chi connectivity index (χ2v) is 15.7. The highest BCUT2D eigenvalue weighted by atomic mass is 31.2. The van der Waals surface area contributed by atoms with Crippen LogP contribution in [0.15, 0.2) is 18.2 Å². The molecule has 1 unspecified atom stereocenters. The molecule has 0 aromatic heterocycles. The van der Waals surface area contributed by atoms with Crippen molar-refractivity contribution in [2.24, 2.45) is 0 Å². The average molecular weight is 754 g/mol. The molecule has 0 bridgehead atoms. The van der Waals surface area contributed by atoms with E-state index in [1.54, 1.807) is 39.8 Å². The normalized spacial score (nSPS) is 17.4. The van der Waals surface area contributed by atoms with Crippen LogP contribution in [0.1, 0.15) is 47.5 Å². The molecule has 3 rings (SSSR count). The molecule has 0 spiro atoms. The summed E-state index contributed by atoms with van der Waals surface area (Å²) in [5.74, 6) is -2.04. The summed E-state index contributed by atoms with van der Waals surface area (Å²) in [5, 5.41) is 0.848. The molecule has 17 nitrogen and oxygen atoms in total. The van der Waals surface area contributed by atoms with E-state index >= 15 is 0 Å². The molecule has 2 heterocycles. The van der Waals surface area contributed by atoms with E-state index in [-0.39, 0.29) is 45.1 Å². The minimum absolute atomic E-state index is 0.0419. The number of nitrogens with one attached hydrogen (secondary N) is 1. The largest absolute Gasteiger partial charge is 0.441 e. The summed E-state index contributed by atoms with van der Waals surface area (Å²) in [5.41, 5.74) is 0.559. The standard InChI is InChI=1S/C30H46FN3O14P2/c1-6-44-49(39,45-7-2)27(50(40,46-8-3)47-9-4)13-12-26(36)42-20-43-29(37)32-28(21(5)35)25-19-34(30(38)48-25)22-10-11-24(23(31)18-22)33-14-16-41-17-15-33/h10-11,18,25,27-28H,6-9,12-17,19-20H2,1-5H3,(H,32,37)/t25-,28?/m0/s1. The fourth-order valence-electron chi connectivity index (χ4n) is 5.31. The van der Waals surface area contributed by atoms with Gasteiger partial charge in [0.15, 0.2) is 11.2 Å². The highest BCUT2D eigenvalue weighted by Gasteiger charge is 2.50. The molecule has 2 saturated heterocycles. The van der Waals surface area contributed by atoms with Crippen molar-refractivity contribution < 1.29 is 69.7 Å². The van der Waals surface area contributed by atoms with E-state index in [0.29, 0.717) is 32.0 Å². The van der Waals surface area contributed by atoms with Gasteiger partial charge in [-0.15, -0.1) is 0 Å². The van der Waals surface area contributed by atoms with Crippen molar-refractivity contribution in [1.82, 2.24) is 5.32 Å². The summed E-state index contributed by atoms with van der Waals surface area (Å²) < 4.78 is 84.2. The molecule has 50 heavy (non-hydrogen) atoms. The van der Waals surface area contributed by atoms with E-state index in [2.05, 4.69) is 5.32 Å². The molecule has 0 saturated carbocycles. The SMILES string of the molecule is CCOP(=O)(OCC)C(CCC(=O)OCOC(=O)NC(C(C)=O)[C@@H]1CN(c2ccc(N3CCOCC3)c(F)c2)C(=O)O1)P(=O)(OCC)OCC. The Bertz CT molecular complexity index is 1380. The summed E-state index contributed by atoms with van der Waals surface area (Å²) in [7, 11) is -8.19. The number of benzene rings is 1. The van der Waals surface area contributed by atoms with Crippen molar-refractivity contribution in [2.75, 3.05) is 75.9 Å². The number of Topliss-reactive ketones (excluding diaryl/α,β-unsaturated/α-hetero) is 1. The molecule has 2 aliphatic rings. The molecule has 1 aromatic rings. The lowest BCUT2D eigenvalue weighted by molar-refractivity contribution is -0.152. The minimum Gasteiger partial charge on any atom is -0.441 e. The van der Waals surface area contributed by atoms with E-state index in [1.165, 1.54) is 13.0 Å². The molecular formula is C30H46FN3O14P2. The van der Waals surface area contributed by atoms with Crippen molar-refractivity contribution in [3.8, 4) is 0 Å². The average Bonchev–Trinajstić information content (AvgIpc) is 3.45. The zero-order valence-corrected chi connectivity index (χ0v) is 30.6. The molecule has 2 aliphatic heterocycles. The van der Waals surface area contributed by atoms with Gasteiger partial charge in [0, 0.05) is 19.5 Å². The quantitative estimate of drug-likeness (QED) is 0.108. The molecule has 2 atom stereocenters. The lowest BCUT2D eigenvalue weighted by Crippen LogP contribution is -2.49. The van der Waals surface area contributed by atoms with Gasteiger partial charge in [-0.25, -0.2) is 14.0 Å². The Labute approximate surface area is 290 Å². The van der Waals surface area contributed by atoms with Gasteiger partial charge in [-0.05, 0) is 59.2 Å². The fourth-order valence-corrected chi connectivity index (χ4v) is 10.7. The number of carbonyl (C=O) groups is 4. The van der Waals surface area contributed by atoms with Crippen LogP contribution in [0.4, 0.5) is 25.4 Å². The van der Waals surface area contributed by atoms with Crippen LogP contribution in [0.5, 0.6) is 0 Å². The van der Waals surface area contributed by atoms with Crippen LogP contribution in [-0.4, -0.2) is 108 Å². The molecule has 0 aliphatic carbocycles. The number of halogens is 1. The van der Waals surface area contributed by atoms with Crippen LogP contribution in [0.3, 0.4) is 0 Å². The van der Waals surface area contributed by atoms with Gasteiger partial charge in [0.1, 0.15) is 18.0 Å². The molecular weight excluding hydrogens is 707 g/mol. The zero-order valence-electron chi connectivity index (χ0n) is 28.8. The number of esters is 1. The molecule has 1 N–H and O–H groups in total. The fraction of sp³-hybridized carbons (Fsp3) is 0.667. The highest BCUT2D eigenvalue weighted by molar-refractivity contribution is 7.72. The van der Waals surface area contributed by atoms with Gasteiger partial charge in [0.05, 0.1) is 57.6 Å². The van der Waals surface area contributed by atoms with Gasteiger partial charge < -0.3 is 47.3 Å². The van der Waals surface area contributed by atoms with Crippen LogP contribution in [-0.2, 0) is 55.8 Å². The van der Waals surface area contributed by atoms with Gasteiger partial charge >= 0.3 is 33.3 Å². The van der Waals surface area contributed by atoms with Gasteiger partial charge in [-0.3, -0.25) is 23.6 Å². The van der Waals surface area contributed by atoms with E-state index in [1.807, 2.05) is 4.90 Å². The molecule has 20 heteroatoms. The number of morpholine rings is 1. The summed E-state index contributed by atoms with van der Waals surface area (Å²) >= 11 is 0. The van der Waals surface area contributed by atoms with Gasteiger partial charge in [0.25, 0.3) is 0 Å². The number of anilines is 2. The Morgan fingerprint density at radius 1 is 0.960 bits per heavy atom. The van der Waals surface area contributed by atoms with Crippen molar-refractivity contribution in [1.29, 1.82) is 0 Å². The van der Waals surface area contributed by atoms with Gasteiger partial charge in [-0.1, -0.05) is 0 Å². The Morgan fingerprint density at radius 2 is 1.54 bits per heavy atom. The molecule has 0 radical (unpaired) electrons. The van der Waals surface area contributed by atoms with Crippen molar-refractivity contribution >= 4 is 50.5 Å². The van der Waals surface area contributed by atoms with Crippen molar-refractivity contribution in [3.05, 3.63) is 24.0 Å². The smallest absolute Gasteiger partial charge is 0.414 e. The minimum atomic E-state index is -4.10. The highest BCUT2D eigenvalue weighted by Crippen LogP contribution is 2.71. The van der Waals surface area contributed by atoms with E-state index in [0.717, 1.165) is 4.90 Å². The number of rotatable bonds is 20. The monoisotopic (exact) mass is 753 g/mol. The number of hydrogen-bond acceptors (Lipinski definition) is 15. The number of ether oxygens (including phenoxy) is 4. The number of carbonyl (C=O) groups excluding carboxylic acids is 4. The summed E-state index contributed by atoms with van der Waals surface area (Å²) in [6, 6.07) is 2.94. The Morgan fingerprint density at radius 3 is 2.06 bits per heavy atom. The third-order valence-corrected chi connectivity index (χ3v) is 13.6. The predicted octanol–water partition coefficient (Wildman–Crippen LogP) is 4.81. The van der Waals surface area contributed by atoms with Crippen LogP contribution in [0.25, 0.3) is 0 Å². The van der Waals surface area contributed by atoms with Crippen LogP contribution < -0.4 is 15.1 Å². The van der Waals surface area contributed by atoms with E-state index < -0.39 is 75.7 Å². The topological polar surface area (TPSA) is 195 Å². The lowest BCUT2D eigenvalue weighted by atomic mass is 10.1. The first-order valence-electron chi connectivity index (χ1n) is 16.3. The van der Waals surface area contributed by atoms with Crippen molar-refractivity contribution in [3.63, 3.8) is 0 Å². The second kappa shape index (κ2) is 19.5. The second-order valence-electron chi connectivity index (χ2n) is 10.8. The third kappa shape index (κ3) is 10.9. The number of cyclic esters (lactones) is 1. The van der Waals surface area contributed by atoms with Gasteiger partial charge in [0.2, 0.25) is 6.79 Å². The third-order valence-electron chi connectivity index (χ3n) is 7.50. The number of amides is 2. The van der Waals surface area contributed by atoms with Crippen LogP contribution in [0.2, 0.25) is 0 Å². The van der Waals surface area contributed by atoms with Gasteiger partial charge in [-0.2, -0.15) is 0 Å². The Hall–Kier alpha value is -3.11. The van der Waals surface area contributed by atoms with E-state index in [9.17, 15) is 32.7 Å². The lowest BCUT2D eigenvalue weighted by Gasteiger charge is -2.31. The first-order chi connectivity index (χ1) is 23.8. The Kier molecular flexibility index (Phi) is 16.1. The number of hydrogen-bond donors (Lipinski definition) is 1. The Balaban J connectivity index is 1.57. The maximum atomic E-state index is 15.0. The van der Waals surface area contributed by atoms with Crippen LogP contribution >= 0.6 is 15.2 Å². The molecule has 2 amide bonds. The first-order valence-corrected chi connectivity index (χ1v) is 19.5. The molecule has 282 valence electrons. The number of alkyl carbamates (subject to hydrolysis) is 1. The van der Waals surface area contributed by atoms with Crippen LogP contribution in [0, 0.1) is 5.82 Å². The predicted molar refractivity (Wildman–Crippen MR) is 177 cm³/mol. The maximum absolute atomic E-state index is 15.0.